The number of hydrazine groups is 1. The number of nitrogens with zero attached hydrogens (tertiary/aromatic N) is 5. The van der Waals surface area contributed by atoms with Crippen LogP contribution in [-0.4, -0.2) is 63.2 Å². The first-order valence-electron chi connectivity index (χ1n) is 16.2. The van der Waals surface area contributed by atoms with Crippen LogP contribution in [0.15, 0.2) is 30.5 Å². The van der Waals surface area contributed by atoms with Crippen molar-refractivity contribution in [3.63, 3.8) is 0 Å². The van der Waals surface area contributed by atoms with Gasteiger partial charge in [-0.2, -0.15) is 9.97 Å². The van der Waals surface area contributed by atoms with Crippen LogP contribution >= 0.6 is 0 Å². The summed E-state index contributed by atoms with van der Waals surface area (Å²) < 4.78 is 72.2. The number of benzene rings is 2. The Balaban J connectivity index is 1.43. The molecule has 0 radical (unpaired) electrons. The second kappa shape index (κ2) is 10.6. The fourth-order valence-corrected chi connectivity index (χ4v) is 6.53. The Labute approximate surface area is 248 Å². The van der Waals surface area contributed by atoms with Crippen molar-refractivity contribution in [2.75, 3.05) is 37.7 Å². The fourth-order valence-electron chi connectivity index (χ4n) is 6.53. The quantitative estimate of drug-likeness (QED) is 0.310. The zero-order valence-electron chi connectivity index (χ0n) is 26.9. The molecule has 0 spiro atoms. The third kappa shape index (κ3) is 4.48. The minimum atomic E-state index is -2.12. The van der Waals surface area contributed by atoms with Crippen molar-refractivity contribution in [2.45, 2.75) is 50.5 Å². The van der Waals surface area contributed by atoms with Crippen LogP contribution in [0.25, 0.3) is 32.9 Å². The predicted molar refractivity (Wildman–Crippen MR) is 157 cm³/mol. The van der Waals surface area contributed by atoms with E-state index in [0.29, 0.717) is 5.39 Å². The standard InChI is InChI=1S/C32H32F2N6O2/c1-2-22-25(33)9-8-20-16-21(41)17-23(26(20)22)28-27(34)29-24(18-35-28)30(40-15-5-3-4-12-36-40)38-31(37-29)42-19-32-10-6-13-39(32)14-7-11-32/h1,8-9,16-18,36,41H,3-7,10-15,19H2/i12D2,15D2. The molecule has 216 valence electrons. The summed E-state index contributed by atoms with van der Waals surface area (Å²) in [4.78, 5) is 15.7. The van der Waals surface area contributed by atoms with Crippen LogP contribution in [0.1, 0.15) is 56.0 Å². The van der Waals surface area contributed by atoms with E-state index in [0.717, 1.165) is 43.8 Å². The zero-order chi connectivity index (χ0) is 32.4. The number of aromatic hydroxyl groups is 1. The Hall–Kier alpha value is -4.07. The first kappa shape index (κ1) is 22.5. The molecule has 2 aromatic carbocycles. The Morgan fingerprint density at radius 3 is 2.76 bits per heavy atom. The number of fused-ring (bicyclic) bond motifs is 3. The smallest absolute Gasteiger partial charge is 0.319 e. The molecule has 3 fully saturated rings. The van der Waals surface area contributed by atoms with Crippen molar-refractivity contribution in [3.8, 4) is 35.4 Å². The van der Waals surface area contributed by atoms with E-state index < -0.39 is 24.6 Å². The Morgan fingerprint density at radius 2 is 1.95 bits per heavy atom. The Bertz CT molecular complexity index is 1910. The maximum atomic E-state index is 16.8. The summed E-state index contributed by atoms with van der Waals surface area (Å²) in [7, 11) is 0. The van der Waals surface area contributed by atoms with Gasteiger partial charge in [-0.25, -0.2) is 14.2 Å². The van der Waals surface area contributed by atoms with Gasteiger partial charge in [0.05, 0.1) is 19.2 Å². The number of ether oxygens (including phenoxy) is 1. The monoisotopic (exact) mass is 574 g/mol. The number of nitrogens with one attached hydrogen (secondary N) is 1. The van der Waals surface area contributed by atoms with Crippen molar-refractivity contribution in [2.24, 2.45) is 0 Å². The molecule has 3 aliphatic rings. The van der Waals surface area contributed by atoms with Crippen molar-refractivity contribution >= 4 is 27.5 Å². The number of phenolic OH excluding ortho intramolecular Hbond substituents is 1. The molecular weight excluding hydrogens is 538 g/mol. The summed E-state index contributed by atoms with van der Waals surface area (Å²) in [6.45, 7) is -1.94. The third-order valence-corrected chi connectivity index (χ3v) is 8.53. The highest BCUT2D eigenvalue weighted by atomic mass is 19.1. The average molecular weight is 575 g/mol. The van der Waals surface area contributed by atoms with Crippen LogP contribution in [0.2, 0.25) is 0 Å². The molecule has 10 heteroatoms. The summed E-state index contributed by atoms with van der Waals surface area (Å²) in [5, 5.41) is 12.0. The largest absolute Gasteiger partial charge is 0.508 e. The van der Waals surface area contributed by atoms with Crippen LogP contribution < -0.4 is 15.2 Å². The first-order chi connectivity index (χ1) is 21.9. The molecule has 0 aliphatic carbocycles. The van der Waals surface area contributed by atoms with E-state index in [-0.39, 0.29) is 82.1 Å². The normalized spacial score (nSPS) is 22.5. The van der Waals surface area contributed by atoms with E-state index in [9.17, 15) is 9.50 Å². The van der Waals surface area contributed by atoms with E-state index in [1.807, 2.05) is 0 Å². The molecule has 3 aliphatic heterocycles. The number of aromatic nitrogens is 3. The van der Waals surface area contributed by atoms with Crippen LogP contribution in [0.3, 0.4) is 0 Å². The van der Waals surface area contributed by atoms with Crippen molar-refractivity contribution in [1.82, 2.24) is 25.3 Å². The molecule has 0 atom stereocenters. The highest BCUT2D eigenvalue weighted by Crippen LogP contribution is 2.41. The minimum absolute atomic E-state index is 0.00277. The lowest BCUT2D eigenvalue weighted by Gasteiger charge is -2.31. The van der Waals surface area contributed by atoms with Gasteiger partial charge in [-0.05, 0) is 75.2 Å². The van der Waals surface area contributed by atoms with Gasteiger partial charge < -0.3 is 9.84 Å². The number of pyridine rings is 1. The van der Waals surface area contributed by atoms with E-state index >= 15 is 4.39 Å². The molecule has 0 bridgehead atoms. The van der Waals surface area contributed by atoms with Crippen LogP contribution in [0, 0.1) is 24.0 Å². The van der Waals surface area contributed by atoms with Crippen molar-refractivity contribution in [3.05, 3.63) is 47.7 Å². The van der Waals surface area contributed by atoms with Crippen molar-refractivity contribution < 1.29 is 24.1 Å². The second-order valence-corrected chi connectivity index (χ2v) is 11.0. The fraction of sp³-hybridized carbons (Fsp3) is 0.406. The van der Waals surface area contributed by atoms with Gasteiger partial charge in [0.15, 0.2) is 11.6 Å². The predicted octanol–water partition coefficient (Wildman–Crippen LogP) is 5.31. The van der Waals surface area contributed by atoms with Crippen LogP contribution in [0.5, 0.6) is 11.8 Å². The van der Waals surface area contributed by atoms with Gasteiger partial charge in [0.25, 0.3) is 0 Å². The molecule has 8 nitrogen and oxygen atoms in total. The summed E-state index contributed by atoms with van der Waals surface area (Å²) in [6, 6.07) is 5.03. The first-order valence-corrected chi connectivity index (χ1v) is 14.2. The molecule has 3 saturated heterocycles. The van der Waals surface area contributed by atoms with Gasteiger partial charge in [-0.15, -0.1) is 6.42 Å². The number of terminal acetylenes is 1. The van der Waals surface area contributed by atoms with Gasteiger partial charge in [0.2, 0.25) is 0 Å². The second-order valence-electron chi connectivity index (χ2n) is 11.0. The molecule has 0 unspecified atom stereocenters. The van der Waals surface area contributed by atoms with Crippen LogP contribution in [-0.2, 0) is 0 Å². The molecule has 0 amide bonds. The SMILES string of the molecule is [2H]C1([2H])CCCC([2H])([2H])N(c2nc(OCC34CCCN3CCC4)nc3c(F)c(-c4cc(O)cc5ccc(F)c(C#C)c45)ncc23)N1. The minimum Gasteiger partial charge on any atom is -0.508 e. The van der Waals surface area contributed by atoms with E-state index in [2.05, 4.69) is 31.2 Å². The zero-order valence-corrected chi connectivity index (χ0v) is 22.9. The topological polar surface area (TPSA) is 86.6 Å². The number of halogens is 2. The number of anilines is 1. The Morgan fingerprint density at radius 1 is 1.12 bits per heavy atom. The highest BCUT2D eigenvalue weighted by Gasteiger charge is 2.45. The number of phenols is 1. The van der Waals surface area contributed by atoms with E-state index in [1.54, 1.807) is 0 Å². The van der Waals surface area contributed by atoms with Gasteiger partial charge in [0.1, 0.15) is 29.4 Å². The summed E-state index contributed by atoms with van der Waals surface area (Å²) in [5.41, 5.74) is 1.80. The third-order valence-electron chi connectivity index (χ3n) is 8.53. The maximum Gasteiger partial charge on any atom is 0.319 e. The number of rotatable bonds is 5. The summed E-state index contributed by atoms with van der Waals surface area (Å²) in [5.74, 6) is 0.315. The van der Waals surface area contributed by atoms with Crippen molar-refractivity contribution in [1.29, 1.82) is 0 Å². The molecule has 5 heterocycles. The van der Waals surface area contributed by atoms with Gasteiger partial charge in [-0.1, -0.05) is 18.4 Å². The lowest BCUT2D eigenvalue weighted by Crippen LogP contribution is -2.43. The average Bonchev–Trinajstić information content (AvgIpc) is 3.56. The Kier molecular flexibility index (Phi) is 5.71. The lowest BCUT2D eigenvalue weighted by molar-refractivity contribution is 0.108. The van der Waals surface area contributed by atoms with Gasteiger partial charge in [0, 0.05) is 32.9 Å². The van der Waals surface area contributed by atoms with Crippen LogP contribution in [0.4, 0.5) is 14.6 Å². The van der Waals surface area contributed by atoms with Gasteiger partial charge >= 0.3 is 6.01 Å². The molecule has 0 saturated carbocycles. The maximum absolute atomic E-state index is 16.8. The number of hydrogen-bond donors (Lipinski definition) is 2. The molecule has 4 aromatic rings. The molecule has 7 rings (SSSR count). The van der Waals surface area contributed by atoms with E-state index in [4.69, 9.17) is 16.6 Å². The van der Waals surface area contributed by atoms with Gasteiger partial charge in [-0.3, -0.25) is 14.9 Å². The molecule has 2 N–H and O–H groups in total. The molecule has 42 heavy (non-hydrogen) atoms. The molecular formula is C32H32F2N6O2. The summed E-state index contributed by atoms with van der Waals surface area (Å²) in [6.07, 6.45) is 11.1. The summed E-state index contributed by atoms with van der Waals surface area (Å²) >= 11 is 0. The van der Waals surface area contributed by atoms with E-state index in [1.165, 1.54) is 30.5 Å². The molecule has 2 aromatic heterocycles. The lowest BCUT2D eigenvalue weighted by atomic mass is 9.95. The highest BCUT2D eigenvalue weighted by molar-refractivity contribution is 6.03. The number of hydrogen-bond acceptors (Lipinski definition) is 8.